The Morgan fingerprint density at radius 1 is 1.06 bits per heavy atom. The number of aliphatic hydroxyl groups excluding tert-OH is 1. The van der Waals surface area contributed by atoms with Crippen LogP contribution in [0.15, 0.2) is 54.1 Å². The molecule has 0 amide bonds. The first-order valence-corrected chi connectivity index (χ1v) is 10.8. The highest BCUT2D eigenvalue weighted by atomic mass is 19.4. The molecule has 3 rings (SSSR count). The molecule has 1 N–H and O–H groups in total. The average Bonchev–Trinajstić information content (AvgIpc) is 3.07. The van der Waals surface area contributed by atoms with Gasteiger partial charge in [-0.3, -0.25) is 4.79 Å². The van der Waals surface area contributed by atoms with Crippen LogP contribution in [0.2, 0.25) is 0 Å². The molecule has 0 radical (unpaired) electrons. The zero-order valence-corrected chi connectivity index (χ0v) is 19.2. The van der Waals surface area contributed by atoms with Crippen molar-refractivity contribution in [3.8, 4) is 11.1 Å². The number of cyclic esters (lactones) is 1. The highest BCUT2D eigenvalue weighted by Crippen LogP contribution is 2.34. The summed E-state index contributed by atoms with van der Waals surface area (Å²) >= 11 is 0. The number of esters is 2. The molecule has 182 valence electrons. The van der Waals surface area contributed by atoms with Gasteiger partial charge in [0.05, 0.1) is 18.6 Å². The highest BCUT2D eigenvalue weighted by Gasteiger charge is 2.44. The van der Waals surface area contributed by atoms with E-state index >= 15 is 0 Å². The van der Waals surface area contributed by atoms with Gasteiger partial charge in [-0.25, -0.2) is 4.79 Å². The van der Waals surface area contributed by atoms with Gasteiger partial charge in [0.15, 0.2) is 5.60 Å². The van der Waals surface area contributed by atoms with Crippen LogP contribution in [0.3, 0.4) is 0 Å². The molecule has 2 aromatic carbocycles. The van der Waals surface area contributed by atoms with Gasteiger partial charge >= 0.3 is 18.1 Å². The van der Waals surface area contributed by atoms with E-state index in [-0.39, 0.29) is 24.9 Å². The minimum atomic E-state index is -4.39. The Hall–Kier alpha value is -3.13. The van der Waals surface area contributed by atoms with Crippen LogP contribution in [-0.4, -0.2) is 35.9 Å². The maximum absolute atomic E-state index is 12.7. The molecule has 1 fully saturated rings. The summed E-state index contributed by atoms with van der Waals surface area (Å²) < 4.78 is 48.9. The van der Waals surface area contributed by atoms with Crippen molar-refractivity contribution in [3.05, 3.63) is 65.2 Å². The molecule has 0 aromatic heterocycles. The lowest BCUT2D eigenvalue weighted by molar-refractivity contribution is -0.167. The Morgan fingerprint density at radius 2 is 1.62 bits per heavy atom. The van der Waals surface area contributed by atoms with Crippen LogP contribution < -0.4 is 0 Å². The molecule has 0 spiro atoms. The fourth-order valence-electron chi connectivity index (χ4n) is 3.56. The Balaban J connectivity index is 1.69. The molecule has 8 heteroatoms. The lowest BCUT2D eigenvalue weighted by Crippen LogP contribution is -2.39. The van der Waals surface area contributed by atoms with E-state index in [9.17, 15) is 27.9 Å². The lowest BCUT2D eigenvalue weighted by Gasteiger charge is -2.25. The van der Waals surface area contributed by atoms with Gasteiger partial charge < -0.3 is 14.6 Å². The van der Waals surface area contributed by atoms with Gasteiger partial charge in [0.1, 0.15) is 6.61 Å². The van der Waals surface area contributed by atoms with E-state index in [1.807, 2.05) is 20.8 Å². The van der Waals surface area contributed by atoms with Crippen molar-refractivity contribution in [1.82, 2.24) is 0 Å². The van der Waals surface area contributed by atoms with Crippen molar-refractivity contribution in [2.24, 2.45) is 5.41 Å². The maximum atomic E-state index is 12.7. The van der Waals surface area contributed by atoms with Crippen LogP contribution >= 0.6 is 0 Å². The SMILES string of the molecule is CC(C)(C)CC(=O)OCC1(CO)C/C(=C/c2ccc(-c3ccc(C(F)(F)F)cc3)cc2)C(=O)O1. The molecule has 1 heterocycles. The summed E-state index contributed by atoms with van der Waals surface area (Å²) in [5, 5.41) is 9.83. The van der Waals surface area contributed by atoms with Crippen molar-refractivity contribution in [2.75, 3.05) is 13.2 Å². The van der Waals surface area contributed by atoms with Crippen LogP contribution in [0.1, 0.15) is 44.7 Å². The maximum Gasteiger partial charge on any atom is 0.416 e. The van der Waals surface area contributed by atoms with Crippen LogP contribution in [0.25, 0.3) is 17.2 Å². The lowest BCUT2D eigenvalue weighted by atomic mass is 9.92. The fourth-order valence-corrected chi connectivity index (χ4v) is 3.56. The van der Waals surface area contributed by atoms with Gasteiger partial charge in [0.2, 0.25) is 0 Å². The Morgan fingerprint density at radius 3 is 2.12 bits per heavy atom. The molecule has 2 aromatic rings. The second-order valence-corrected chi connectivity index (χ2v) is 9.67. The Labute approximate surface area is 196 Å². The monoisotopic (exact) mass is 476 g/mol. The highest BCUT2D eigenvalue weighted by molar-refractivity contribution is 5.96. The van der Waals surface area contributed by atoms with Crippen molar-refractivity contribution < 1.29 is 37.3 Å². The summed E-state index contributed by atoms with van der Waals surface area (Å²) in [6.45, 7) is 4.96. The number of ether oxygens (including phenoxy) is 2. The largest absolute Gasteiger partial charge is 0.461 e. The van der Waals surface area contributed by atoms with E-state index in [1.165, 1.54) is 12.1 Å². The number of aliphatic hydroxyl groups is 1. The third kappa shape index (κ3) is 6.47. The van der Waals surface area contributed by atoms with Crippen LogP contribution in [0.4, 0.5) is 13.2 Å². The van der Waals surface area contributed by atoms with Crippen molar-refractivity contribution >= 4 is 18.0 Å². The molecule has 1 aliphatic heterocycles. The number of benzene rings is 2. The summed E-state index contributed by atoms with van der Waals surface area (Å²) in [5.41, 5.74) is 0.0617. The molecule has 5 nitrogen and oxygen atoms in total. The van der Waals surface area contributed by atoms with Crippen LogP contribution in [0.5, 0.6) is 0 Å². The minimum Gasteiger partial charge on any atom is -0.461 e. The van der Waals surface area contributed by atoms with Gasteiger partial charge in [-0.1, -0.05) is 57.2 Å². The number of hydrogen-bond acceptors (Lipinski definition) is 5. The smallest absolute Gasteiger partial charge is 0.416 e. The van der Waals surface area contributed by atoms with E-state index in [1.54, 1.807) is 30.3 Å². The molecule has 1 saturated heterocycles. The quantitative estimate of drug-likeness (QED) is 0.446. The molecule has 34 heavy (non-hydrogen) atoms. The van der Waals surface area contributed by atoms with Gasteiger partial charge in [-0.15, -0.1) is 0 Å². The molecular formula is C26H27F3O5. The van der Waals surface area contributed by atoms with Crippen LogP contribution in [-0.2, 0) is 25.2 Å². The zero-order valence-electron chi connectivity index (χ0n) is 19.2. The number of hydrogen-bond donors (Lipinski definition) is 1. The first-order valence-electron chi connectivity index (χ1n) is 10.8. The molecule has 0 bridgehead atoms. The standard InChI is InChI=1S/C26H27F3O5/c1-24(2,3)14-22(31)33-16-25(15-30)13-20(23(32)34-25)12-17-4-6-18(7-5-17)19-8-10-21(11-9-19)26(27,28)29/h4-12,30H,13-16H2,1-3H3/b20-12-. The first-order chi connectivity index (χ1) is 15.8. The fraction of sp³-hybridized carbons (Fsp3) is 0.385. The predicted molar refractivity (Wildman–Crippen MR) is 120 cm³/mol. The predicted octanol–water partition coefficient (Wildman–Crippen LogP) is 5.41. The number of halogens is 3. The Kier molecular flexibility index (Phi) is 7.21. The molecule has 1 atom stereocenters. The van der Waals surface area contributed by atoms with E-state index in [4.69, 9.17) is 9.47 Å². The molecular weight excluding hydrogens is 449 g/mol. The molecule has 1 aliphatic rings. The number of rotatable bonds is 6. The summed E-state index contributed by atoms with van der Waals surface area (Å²) in [6, 6.07) is 11.8. The molecule has 0 saturated carbocycles. The summed E-state index contributed by atoms with van der Waals surface area (Å²) in [5.74, 6) is -1.04. The van der Waals surface area contributed by atoms with Crippen molar-refractivity contribution in [3.63, 3.8) is 0 Å². The summed E-state index contributed by atoms with van der Waals surface area (Å²) in [4.78, 5) is 24.4. The zero-order chi connectivity index (χ0) is 25.1. The van der Waals surface area contributed by atoms with Gasteiger partial charge in [-0.2, -0.15) is 13.2 Å². The van der Waals surface area contributed by atoms with Crippen molar-refractivity contribution in [2.45, 2.75) is 45.4 Å². The normalized spacial score (nSPS) is 19.9. The van der Waals surface area contributed by atoms with Gasteiger partial charge in [-0.05, 0) is 40.3 Å². The topological polar surface area (TPSA) is 72.8 Å². The van der Waals surface area contributed by atoms with Crippen molar-refractivity contribution in [1.29, 1.82) is 0 Å². The molecule has 1 unspecified atom stereocenters. The number of carbonyl (C=O) groups is 2. The molecule has 0 aliphatic carbocycles. The first kappa shape index (κ1) is 25.5. The Bertz CT molecular complexity index is 1060. The third-order valence-electron chi connectivity index (χ3n) is 5.34. The van der Waals surface area contributed by atoms with E-state index in [2.05, 4.69) is 0 Å². The van der Waals surface area contributed by atoms with Gasteiger partial charge in [0.25, 0.3) is 0 Å². The number of alkyl halides is 3. The van der Waals surface area contributed by atoms with E-state index in [0.717, 1.165) is 17.7 Å². The summed E-state index contributed by atoms with van der Waals surface area (Å²) in [7, 11) is 0. The van der Waals surface area contributed by atoms with Crippen LogP contribution in [0, 0.1) is 5.41 Å². The van der Waals surface area contributed by atoms with E-state index < -0.39 is 35.9 Å². The van der Waals surface area contributed by atoms with Gasteiger partial charge in [0, 0.05) is 12.0 Å². The number of carbonyl (C=O) groups excluding carboxylic acids is 2. The average molecular weight is 476 g/mol. The second kappa shape index (κ2) is 9.62. The minimum absolute atomic E-state index is 0.0752. The van der Waals surface area contributed by atoms with E-state index in [0.29, 0.717) is 16.7 Å². The second-order valence-electron chi connectivity index (χ2n) is 9.67. The third-order valence-corrected chi connectivity index (χ3v) is 5.34. The summed E-state index contributed by atoms with van der Waals surface area (Å²) in [6.07, 6.45) is -2.51.